The van der Waals surface area contributed by atoms with Gasteiger partial charge in [0, 0.05) is 0 Å². The molecule has 0 aliphatic carbocycles. The van der Waals surface area contributed by atoms with Gasteiger partial charge < -0.3 is 9.73 Å². The van der Waals surface area contributed by atoms with Crippen molar-refractivity contribution in [3.8, 4) is 0 Å². The predicted octanol–water partition coefficient (Wildman–Crippen LogP) is 1.39. The van der Waals surface area contributed by atoms with E-state index in [2.05, 4.69) is 12.2 Å². The van der Waals surface area contributed by atoms with Gasteiger partial charge in [-0.2, -0.15) is 0 Å². The number of hydrogen-bond donors (Lipinski definition) is 1. The number of furan rings is 1. The molecule has 1 N–H and O–H groups in total. The molecule has 0 aromatic carbocycles. The van der Waals surface area contributed by atoms with Crippen LogP contribution in [0.2, 0.25) is 0 Å². The van der Waals surface area contributed by atoms with Gasteiger partial charge in [0.1, 0.15) is 5.76 Å². The smallest absolute Gasteiger partial charge is 0.154 e. The maximum atomic E-state index is 11.3. The zero-order valence-corrected chi connectivity index (χ0v) is 7.88. The summed E-state index contributed by atoms with van der Waals surface area (Å²) in [4.78, 5) is 11.3. The summed E-state index contributed by atoms with van der Waals surface area (Å²) in [5, 5.41) is 3.06. The van der Waals surface area contributed by atoms with Crippen molar-refractivity contribution >= 4 is 5.78 Å². The zero-order chi connectivity index (χ0) is 9.52. The summed E-state index contributed by atoms with van der Waals surface area (Å²) in [6, 6.07) is 3.61. The Labute approximate surface area is 78.1 Å². The number of Topliss-reactive ketones (excluding diaryl/α,β-unsaturated/α-hetero) is 1. The monoisotopic (exact) mass is 181 g/mol. The minimum Gasteiger partial charge on any atom is -0.469 e. The quantitative estimate of drug-likeness (QED) is 0.674. The van der Waals surface area contributed by atoms with Crippen molar-refractivity contribution in [1.29, 1.82) is 0 Å². The Morgan fingerprint density at radius 2 is 2.46 bits per heavy atom. The third kappa shape index (κ3) is 3.90. The molecule has 1 aromatic rings. The molecule has 0 aliphatic rings. The predicted molar refractivity (Wildman–Crippen MR) is 50.6 cm³/mol. The van der Waals surface area contributed by atoms with Crippen LogP contribution >= 0.6 is 0 Å². The van der Waals surface area contributed by atoms with Crippen LogP contribution in [0.25, 0.3) is 0 Å². The van der Waals surface area contributed by atoms with E-state index in [1.807, 2.05) is 6.07 Å². The lowest BCUT2D eigenvalue weighted by atomic mass is 10.2. The van der Waals surface area contributed by atoms with Crippen LogP contribution in [-0.2, 0) is 11.2 Å². The summed E-state index contributed by atoms with van der Waals surface area (Å²) in [6.07, 6.45) is 3.03. The fourth-order valence-electron chi connectivity index (χ4n) is 1.07. The van der Waals surface area contributed by atoms with Crippen LogP contribution in [0.5, 0.6) is 0 Å². The Morgan fingerprint density at radius 1 is 1.62 bits per heavy atom. The van der Waals surface area contributed by atoms with Crippen LogP contribution in [0.15, 0.2) is 22.8 Å². The van der Waals surface area contributed by atoms with E-state index >= 15 is 0 Å². The molecule has 0 saturated heterocycles. The number of ketones is 1. The molecule has 0 spiro atoms. The molecular weight excluding hydrogens is 166 g/mol. The summed E-state index contributed by atoms with van der Waals surface area (Å²) < 4.78 is 5.06. The molecule has 0 atom stereocenters. The minimum absolute atomic E-state index is 0.170. The SMILES string of the molecule is CCCNCC(=O)Cc1ccco1. The van der Waals surface area contributed by atoms with E-state index in [0.29, 0.717) is 13.0 Å². The van der Waals surface area contributed by atoms with E-state index in [1.54, 1.807) is 12.3 Å². The second-order valence-corrected chi connectivity index (χ2v) is 2.97. The summed E-state index contributed by atoms with van der Waals surface area (Å²) in [7, 11) is 0. The number of nitrogens with one attached hydrogen (secondary N) is 1. The maximum Gasteiger partial charge on any atom is 0.154 e. The van der Waals surface area contributed by atoms with Gasteiger partial charge in [-0.25, -0.2) is 0 Å². The molecular formula is C10H15NO2. The normalized spacial score (nSPS) is 10.2. The third-order valence-electron chi connectivity index (χ3n) is 1.70. The van der Waals surface area contributed by atoms with Gasteiger partial charge in [0.25, 0.3) is 0 Å². The summed E-state index contributed by atoms with van der Waals surface area (Å²) in [5.41, 5.74) is 0. The molecule has 72 valence electrons. The van der Waals surface area contributed by atoms with Crippen molar-refractivity contribution in [1.82, 2.24) is 5.32 Å². The largest absolute Gasteiger partial charge is 0.469 e. The number of carbonyl (C=O) groups excluding carboxylic acids is 1. The molecule has 0 bridgehead atoms. The molecule has 3 nitrogen and oxygen atoms in total. The van der Waals surface area contributed by atoms with Crippen LogP contribution in [0.4, 0.5) is 0 Å². The van der Waals surface area contributed by atoms with E-state index < -0.39 is 0 Å². The molecule has 0 saturated carbocycles. The van der Waals surface area contributed by atoms with Crippen molar-refractivity contribution in [2.75, 3.05) is 13.1 Å². The van der Waals surface area contributed by atoms with E-state index in [0.717, 1.165) is 18.7 Å². The van der Waals surface area contributed by atoms with Gasteiger partial charge in [-0.3, -0.25) is 4.79 Å². The Balaban J connectivity index is 2.18. The first kappa shape index (κ1) is 9.99. The average molecular weight is 181 g/mol. The van der Waals surface area contributed by atoms with E-state index in [9.17, 15) is 4.79 Å². The fraction of sp³-hybridized carbons (Fsp3) is 0.500. The maximum absolute atomic E-state index is 11.3. The van der Waals surface area contributed by atoms with Gasteiger partial charge in [-0.05, 0) is 25.1 Å². The number of carbonyl (C=O) groups is 1. The first-order valence-corrected chi connectivity index (χ1v) is 4.57. The summed E-state index contributed by atoms with van der Waals surface area (Å²) in [5.74, 6) is 0.909. The lowest BCUT2D eigenvalue weighted by Crippen LogP contribution is -2.24. The Bertz CT molecular complexity index is 241. The van der Waals surface area contributed by atoms with Gasteiger partial charge in [0.05, 0.1) is 19.2 Å². The van der Waals surface area contributed by atoms with Crippen LogP contribution in [0, 0.1) is 0 Å². The summed E-state index contributed by atoms with van der Waals surface area (Å²) in [6.45, 7) is 3.41. The Morgan fingerprint density at radius 3 is 3.08 bits per heavy atom. The van der Waals surface area contributed by atoms with Crippen molar-refractivity contribution in [3.05, 3.63) is 24.2 Å². The zero-order valence-electron chi connectivity index (χ0n) is 7.88. The standard InChI is InChI=1S/C10H15NO2/c1-2-5-11-8-9(12)7-10-4-3-6-13-10/h3-4,6,11H,2,5,7-8H2,1H3. The van der Waals surface area contributed by atoms with Crippen molar-refractivity contribution in [2.24, 2.45) is 0 Å². The van der Waals surface area contributed by atoms with Crippen LogP contribution in [0.1, 0.15) is 19.1 Å². The van der Waals surface area contributed by atoms with Gasteiger partial charge in [-0.1, -0.05) is 6.92 Å². The van der Waals surface area contributed by atoms with Gasteiger partial charge in [0.2, 0.25) is 0 Å². The Hall–Kier alpha value is -1.09. The van der Waals surface area contributed by atoms with Crippen LogP contribution < -0.4 is 5.32 Å². The lowest BCUT2D eigenvalue weighted by molar-refractivity contribution is -0.117. The van der Waals surface area contributed by atoms with E-state index in [-0.39, 0.29) is 5.78 Å². The first-order chi connectivity index (χ1) is 6.33. The molecule has 0 unspecified atom stereocenters. The van der Waals surface area contributed by atoms with Gasteiger partial charge in [-0.15, -0.1) is 0 Å². The van der Waals surface area contributed by atoms with Crippen LogP contribution in [-0.4, -0.2) is 18.9 Å². The second kappa shape index (κ2) is 5.54. The highest BCUT2D eigenvalue weighted by Gasteiger charge is 2.04. The molecule has 1 aromatic heterocycles. The highest BCUT2D eigenvalue weighted by Crippen LogP contribution is 2.00. The number of hydrogen-bond acceptors (Lipinski definition) is 3. The lowest BCUT2D eigenvalue weighted by Gasteiger charge is -2.00. The highest BCUT2D eigenvalue weighted by molar-refractivity contribution is 5.82. The summed E-state index contributed by atoms with van der Waals surface area (Å²) >= 11 is 0. The third-order valence-corrected chi connectivity index (χ3v) is 1.70. The second-order valence-electron chi connectivity index (χ2n) is 2.97. The fourth-order valence-corrected chi connectivity index (χ4v) is 1.07. The molecule has 0 fully saturated rings. The first-order valence-electron chi connectivity index (χ1n) is 4.57. The van der Waals surface area contributed by atoms with Gasteiger partial charge >= 0.3 is 0 Å². The van der Waals surface area contributed by atoms with Crippen molar-refractivity contribution in [2.45, 2.75) is 19.8 Å². The highest BCUT2D eigenvalue weighted by atomic mass is 16.3. The van der Waals surface area contributed by atoms with E-state index in [1.165, 1.54) is 0 Å². The van der Waals surface area contributed by atoms with Crippen molar-refractivity contribution in [3.63, 3.8) is 0 Å². The average Bonchev–Trinajstić information content (AvgIpc) is 2.57. The molecule has 3 heteroatoms. The van der Waals surface area contributed by atoms with Crippen LogP contribution in [0.3, 0.4) is 0 Å². The molecule has 0 radical (unpaired) electrons. The number of rotatable bonds is 6. The van der Waals surface area contributed by atoms with Crippen molar-refractivity contribution < 1.29 is 9.21 Å². The van der Waals surface area contributed by atoms with Gasteiger partial charge in [0.15, 0.2) is 5.78 Å². The molecule has 13 heavy (non-hydrogen) atoms. The minimum atomic E-state index is 0.170. The van der Waals surface area contributed by atoms with E-state index in [4.69, 9.17) is 4.42 Å². The Kier molecular flexibility index (Phi) is 4.26. The molecule has 1 rings (SSSR count). The molecule has 1 heterocycles. The topological polar surface area (TPSA) is 42.2 Å². The molecule has 0 amide bonds. The molecule has 0 aliphatic heterocycles.